The number of benzene rings is 1. The second-order valence-corrected chi connectivity index (χ2v) is 22.4. The van der Waals surface area contributed by atoms with Crippen LogP contribution in [0.25, 0.3) is 0 Å². The lowest BCUT2D eigenvalue weighted by Crippen LogP contribution is -2.54. The number of carbonyl (C=O) groups is 8. The Labute approximate surface area is 470 Å². The van der Waals surface area contributed by atoms with Crippen molar-refractivity contribution in [3.05, 3.63) is 35.9 Å². The van der Waals surface area contributed by atoms with Crippen LogP contribution in [0.3, 0.4) is 0 Å². The number of nitrogens with zero attached hydrogens (tertiary/aromatic N) is 5. The third-order valence-electron chi connectivity index (χ3n) is 16.2. The van der Waals surface area contributed by atoms with Crippen molar-refractivity contribution in [1.29, 1.82) is 0 Å². The van der Waals surface area contributed by atoms with Crippen molar-refractivity contribution >= 4 is 47.1 Å². The third-order valence-corrected chi connectivity index (χ3v) is 16.2. The SMILES string of the molecule is CC[C@H](C)[C@@H]([C@@H](CC(=O)N1CCC[C@H]1[C@H](OC)[C@@H](C)C(=O)C[C@H](C(=O)N1CCCCO1)[C@@H](C)c1ccccc1)OC)N(C)C(=O)[C@@H](CC(=O)[C@H](C(C)C)N(C)CCOCCOCCOCCC(=O)ON1C(=O)CCC1=O)C(C)C. The molecule has 0 unspecified atom stereocenters. The summed E-state index contributed by atoms with van der Waals surface area (Å²) in [7, 11) is 6.76. The maximum Gasteiger partial charge on any atom is 0.335 e. The number of hydrogen-bond donors (Lipinski definition) is 0. The molecule has 3 aliphatic rings. The highest BCUT2D eigenvalue weighted by Gasteiger charge is 2.45. The topological polar surface area (TPSA) is 217 Å². The molecule has 79 heavy (non-hydrogen) atoms. The maximum absolute atomic E-state index is 14.8. The Kier molecular flexibility index (Phi) is 28.7. The van der Waals surface area contributed by atoms with Gasteiger partial charge in [-0.15, -0.1) is 5.06 Å². The molecule has 0 bridgehead atoms. The number of imide groups is 1. The molecule has 446 valence electrons. The lowest BCUT2D eigenvalue weighted by Gasteiger charge is -2.41. The fraction of sp³-hybridized carbons (Fsp3) is 0.763. The Morgan fingerprint density at radius 1 is 0.722 bits per heavy atom. The highest BCUT2D eigenvalue weighted by Crippen LogP contribution is 2.35. The summed E-state index contributed by atoms with van der Waals surface area (Å²) in [5.74, 6) is -5.00. The zero-order valence-corrected chi connectivity index (χ0v) is 49.5. The molecule has 0 spiro atoms. The Morgan fingerprint density at radius 2 is 1.34 bits per heavy atom. The van der Waals surface area contributed by atoms with Gasteiger partial charge in [-0.3, -0.25) is 43.3 Å². The Hall–Kier alpha value is -4.70. The number of Topliss-reactive ketones (excluding diaryl/α,β-unsaturated/α-hetero) is 2. The minimum atomic E-state index is -0.734. The van der Waals surface area contributed by atoms with E-state index in [1.165, 1.54) is 5.06 Å². The highest BCUT2D eigenvalue weighted by molar-refractivity contribution is 6.01. The van der Waals surface area contributed by atoms with Gasteiger partial charge in [-0.1, -0.05) is 92.1 Å². The van der Waals surface area contributed by atoms with E-state index >= 15 is 0 Å². The number of carbonyl (C=O) groups excluding carboxylic acids is 8. The van der Waals surface area contributed by atoms with Gasteiger partial charge in [0.1, 0.15) is 5.78 Å². The van der Waals surface area contributed by atoms with E-state index in [1.54, 1.807) is 26.2 Å². The molecule has 0 radical (unpaired) electrons. The number of amides is 5. The Balaban J connectivity index is 1.32. The van der Waals surface area contributed by atoms with E-state index in [1.807, 2.05) is 103 Å². The molecule has 1 aromatic rings. The summed E-state index contributed by atoms with van der Waals surface area (Å²) in [5, 5.41) is 1.94. The predicted molar refractivity (Wildman–Crippen MR) is 294 cm³/mol. The van der Waals surface area contributed by atoms with Gasteiger partial charge < -0.3 is 38.3 Å². The molecule has 3 fully saturated rings. The molecule has 3 heterocycles. The van der Waals surface area contributed by atoms with Crippen LogP contribution in [-0.4, -0.2) is 196 Å². The third kappa shape index (κ3) is 19.5. The van der Waals surface area contributed by atoms with E-state index in [4.69, 9.17) is 33.4 Å². The van der Waals surface area contributed by atoms with Crippen LogP contribution in [0, 0.1) is 35.5 Å². The molecule has 0 saturated carbocycles. The number of ether oxygens (including phenoxy) is 5. The lowest BCUT2D eigenvalue weighted by molar-refractivity contribution is -0.202. The van der Waals surface area contributed by atoms with E-state index < -0.39 is 65.9 Å². The quantitative estimate of drug-likeness (QED) is 0.0550. The smallest absolute Gasteiger partial charge is 0.335 e. The lowest BCUT2D eigenvalue weighted by atomic mass is 9.80. The molecule has 3 saturated heterocycles. The van der Waals surface area contributed by atoms with Crippen molar-refractivity contribution in [3.63, 3.8) is 0 Å². The van der Waals surface area contributed by atoms with Crippen LogP contribution in [0.5, 0.6) is 0 Å². The first-order chi connectivity index (χ1) is 37.7. The average molecular weight is 1110 g/mol. The number of rotatable bonds is 36. The van der Waals surface area contributed by atoms with Gasteiger partial charge in [0.05, 0.1) is 95.3 Å². The van der Waals surface area contributed by atoms with Gasteiger partial charge in [0.25, 0.3) is 11.8 Å². The van der Waals surface area contributed by atoms with Gasteiger partial charge >= 0.3 is 5.97 Å². The first-order valence-corrected chi connectivity index (χ1v) is 28.8. The minimum Gasteiger partial charge on any atom is -0.379 e. The summed E-state index contributed by atoms with van der Waals surface area (Å²) in [6.45, 7) is 19.1. The first kappa shape index (κ1) is 66.8. The van der Waals surface area contributed by atoms with E-state index in [9.17, 15) is 38.4 Å². The van der Waals surface area contributed by atoms with Crippen LogP contribution in [0.4, 0.5) is 0 Å². The average Bonchev–Trinajstić information content (AvgIpc) is 4.07. The summed E-state index contributed by atoms with van der Waals surface area (Å²) in [6.07, 6.45) is 2.40. The molecule has 3 aliphatic heterocycles. The Morgan fingerprint density at radius 3 is 1.91 bits per heavy atom. The van der Waals surface area contributed by atoms with Crippen molar-refractivity contribution in [3.8, 4) is 0 Å². The van der Waals surface area contributed by atoms with Gasteiger partial charge in [0.2, 0.25) is 17.7 Å². The monoisotopic (exact) mass is 1110 g/mol. The van der Waals surface area contributed by atoms with Gasteiger partial charge in [0.15, 0.2) is 5.78 Å². The van der Waals surface area contributed by atoms with Crippen molar-refractivity contribution in [2.75, 3.05) is 94.2 Å². The summed E-state index contributed by atoms with van der Waals surface area (Å²) in [6, 6.07) is 8.37. The van der Waals surface area contributed by atoms with E-state index in [0.29, 0.717) is 64.0 Å². The molecule has 0 aliphatic carbocycles. The Bertz CT molecular complexity index is 2090. The van der Waals surface area contributed by atoms with Crippen LogP contribution < -0.4 is 0 Å². The molecule has 20 heteroatoms. The molecular formula is C59H95N5O15. The molecule has 5 amide bonds. The van der Waals surface area contributed by atoms with Gasteiger partial charge in [-0.05, 0) is 62.0 Å². The second kappa shape index (κ2) is 33.9. The normalized spacial score (nSPS) is 19.5. The summed E-state index contributed by atoms with van der Waals surface area (Å²) in [4.78, 5) is 123. The fourth-order valence-corrected chi connectivity index (χ4v) is 11.3. The van der Waals surface area contributed by atoms with Crippen LogP contribution in [0.1, 0.15) is 138 Å². The van der Waals surface area contributed by atoms with Crippen LogP contribution >= 0.6 is 0 Å². The predicted octanol–water partition coefficient (Wildman–Crippen LogP) is 6.07. The number of ketones is 2. The minimum absolute atomic E-state index is 0.00647. The molecule has 20 nitrogen and oxygen atoms in total. The fourth-order valence-electron chi connectivity index (χ4n) is 11.3. The number of methoxy groups -OCH3 is 2. The van der Waals surface area contributed by atoms with E-state index in [-0.39, 0.29) is 111 Å². The molecule has 0 aromatic heterocycles. The number of likely N-dealkylation sites (N-methyl/N-ethyl adjacent to an activating group) is 2. The number of likely N-dealkylation sites (tertiary alicyclic amines) is 1. The second-order valence-electron chi connectivity index (χ2n) is 22.4. The number of hydrogen-bond acceptors (Lipinski definition) is 16. The molecule has 10 atom stereocenters. The maximum atomic E-state index is 14.8. The molecule has 0 N–H and O–H groups in total. The highest BCUT2D eigenvalue weighted by atomic mass is 16.7. The van der Waals surface area contributed by atoms with E-state index in [2.05, 4.69) is 0 Å². The van der Waals surface area contributed by atoms with Crippen LogP contribution in [-0.2, 0) is 71.7 Å². The summed E-state index contributed by atoms with van der Waals surface area (Å²) >= 11 is 0. The van der Waals surface area contributed by atoms with Gasteiger partial charge in [-0.2, -0.15) is 0 Å². The summed E-state index contributed by atoms with van der Waals surface area (Å²) < 4.78 is 29.1. The molecule has 4 rings (SSSR count). The summed E-state index contributed by atoms with van der Waals surface area (Å²) in [5.41, 5.74) is 0.959. The first-order valence-electron chi connectivity index (χ1n) is 28.8. The number of hydroxylamine groups is 4. The van der Waals surface area contributed by atoms with Gasteiger partial charge in [-0.25, -0.2) is 9.86 Å². The van der Waals surface area contributed by atoms with Crippen LogP contribution in [0.2, 0.25) is 0 Å². The van der Waals surface area contributed by atoms with E-state index in [0.717, 1.165) is 24.8 Å². The zero-order valence-electron chi connectivity index (χ0n) is 49.5. The molecule has 1 aromatic carbocycles. The van der Waals surface area contributed by atoms with Gasteiger partial charge in [0, 0.05) is 78.4 Å². The largest absolute Gasteiger partial charge is 0.379 e. The van der Waals surface area contributed by atoms with Crippen LogP contribution in [0.15, 0.2) is 30.3 Å². The van der Waals surface area contributed by atoms with Crippen molar-refractivity contribution < 1.29 is 71.7 Å². The zero-order chi connectivity index (χ0) is 58.3. The van der Waals surface area contributed by atoms with Crippen molar-refractivity contribution in [2.24, 2.45) is 35.5 Å². The van der Waals surface area contributed by atoms with Crippen molar-refractivity contribution in [1.82, 2.24) is 24.8 Å². The standard InChI is InChI=1S/C59H95N5O15/c1-13-41(6)56(50(73-11)38-53(69)62-26-19-22-47(62)57(74-12)43(8)48(65)37-46(42(7)44-20-15-14-16-21-44)59(72)63-27-17-18-29-78-63)61(10)58(71)45(39(2)3)36-49(66)55(40(4)5)60(9)28-31-76-33-35-77-34-32-75-30-25-54(70)79-64-51(67)23-24-52(64)68/h14-16,20-21,39-43,45-47,50,55-57H,13,17-19,22-38H2,1-12H3/t41-,42-,43-,45-,46-,47-,50+,55-,56-,57+/m0/s1. The van der Waals surface area contributed by atoms with Crippen molar-refractivity contribution in [2.45, 2.75) is 162 Å². The molecular weight excluding hydrogens is 1020 g/mol.